The normalized spacial score (nSPS) is 18.8. The van der Waals surface area contributed by atoms with Gasteiger partial charge >= 0.3 is 0 Å². The third kappa shape index (κ3) is 3.01. The van der Waals surface area contributed by atoms with Crippen molar-refractivity contribution >= 4 is 52.0 Å². The number of para-hydroxylation sites is 2. The number of hydrogen-bond donors (Lipinski definition) is 1. The van der Waals surface area contributed by atoms with Gasteiger partial charge in [-0.15, -0.1) is 0 Å². The number of anilines is 3. The molecule has 7 heteroatoms. The van der Waals surface area contributed by atoms with Crippen molar-refractivity contribution in [1.82, 2.24) is 0 Å². The zero-order valence-corrected chi connectivity index (χ0v) is 19.3. The highest BCUT2D eigenvalue weighted by molar-refractivity contribution is 6.31. The van der Waals surface area contributed by atoms with Crippen LogP contribution in [0.5, 0.6) is 0 Å². The second-order valence-corrected chi connectivity index (χ2v) is 8.93. The average Bonchev–Trinajstić information content (AvgIpc) is 3.37. The van der Waals surface area contributed by atoms with Crippen LogP contribution in [0.1, 0.15) is 11.1 Å². The lowest BCUT2D eigenvalue weighted by Gasteiger charge is -2.40. The summed E-state index contributed by atoms with van der Waals surface area (Å²) in [5.74, 6) is 0.426. The molecule has 5 nitrogen and oxygen atoms in total. The topological polar surface area (TPSA) is 47.9 Å². The summed E-state index contributed by atoms with van der Waals surface area (Å²) in [7, 11) is 0. The number of nitrogens with zero attached hydrogens (tertiary/aromatic N) is 3. The maximum absolute atomic E-state index is 14.0. The Kier molecular flexibility index (Phi) is 4.83. The number of amides is 1. The first-order chi connectivity index (χ1) is 16.6. The van der Waals surface area contributed by atoms with Gasteiger partial charge in [0.05, 0.1) is 5.69 Å². The lowest BCUT2D eigenvalue weighted by Crippen LogP contribution is -2.58. The Balaban J connectivity index is 1.68. The molecule has 0 bridgehead atoms. The molecular weight excluding hydrogens is 467 g/mol. The van der Waals surface area contributed by atoms with E-state index in [9.17, 15) is 4.79 Å². The van der Waals surface area contributed by atoms with Crippen molar-refractivity contribution < 1.29 is 4.79 Å². The van der Waals surface area contributed by atoms with Crippen LogP contribution in [0.2, 0.25) is 10.0 Å². The van der Waals surface area contributed by atoms with Gasteiger partial charge in [-0.05, 0) is 66.7 Å². The molecule has 0 aromatic heterocycles. The van der Waals surface area contributed by atoms with Crippen LogP contribution < -0.4 is 15.2 Å². The quantitative estimate of drug-likeness (QED) is 0.361. The number of carbonyl (C=O) groups is 1. The van der Waals surface area contributed by atoms with Crippen molar-refractivity contribution in [2.75, 3.05) is 15.2 Å². The largest absolute Gasteiger partial charge is 0.322 e. The first-order valence-corrected chi connectivity index (χ1v) is 11.5. The van der Waals surface area contributed by atoms with E-state index in [2.05, 4.69) is 5.32 Å². The first-order valence-electron chi connectivity index (χ1n) is 10.8. The van der Waals surface area contributed by atoms with E-state index in [1.54, 1.807) is 5.01 Å². The molecule has 1 spiro atoms. The second kappa shape index (κ2) is 7.90. The first kappa shape index (κ1) is 20.8. The van der Waals surface area contributed by atoms with Crippen LogP contribution in [-0.2, 0) is 10.5 Å². The minimum atomic E-state index is -1.28. The Morgan fingerprint density at radius 2 is 1.32 bits per heavy atom. The van der Waals surface area contributed by atoms with E-state index in [1.165, 1.54) is 0 Å². The Morgan fingerprint density at radius 3 is 2.03 bits per heavy atom. The number of carbonyl (C=O) groups excluding carboxylic acids is 1. The number of fused-ring (bicyclic) bond motifs is 2. The van der Waals surface area contributed by atoms with Crippen molar-refractivity contribution in [2.24, 2.45) is 5.10 Å². The summed E-state index contributed by atoms with van der Waals surface area (Å²) in [5.41, 5.74) is 2.68. The van der Waals surface area contributed by atoms with E-state index in [0.29, 0.717) is 15.9 Å². The maximum atomic E-state index is 14.0. The molecule has 2 aliphatic rings. The molecule has 0 saturated heterocycles. The fourth-order valence-electron chi connectivity index (χ4n) is 4.62. The van der Waals surface area contributed by atoms with Crippen LogP contribution in [-0.4, -0.2) is 11.7 Å². The number of benzene rings is 4. The smallest absolute Gasteiger partial charge is 0.278 e. The van der Waals surface area contributed by atoms with Crippen molar-refractivity contribution in [3.05, 3.63) is 124 Å². The molecule has 166 valence electrons. The van der Waals surface area contributed by atoms with Crippen molar-refractivity contribution in [1.29, 1.82) is 0 Å². The van der Waals surface area contributed by atoms with Crippen LogP contribution >= 0.6 is 23.2 Å². The van der Waals surface area contributed by atoms with Gasteiger partial charge in [-0.25, -0.2) is 5.01 Å². The summed E-state index contributed by atoms with van der Waals surface area (Å²) < 4.78 is 0. The van der Waals surface area contributed by atoms with Crippen molar-refractivity contribution in [3.63, 3.8) is 0 Å². The van der Waals surface area contributed by atoms with Gasteiger partial charge in [0.1, 0.15) is 0 Å². The zero-order valence-electron chi connectivity index (χ0n) is 17.8. The van der Waals surface area contributed by atoms with Crippen molar-refractivity contribution in [2.45, 2.75) is 5.66 Å². The molecule has 0 radical (unpaired) electrons. The van der Waals surface area contributed by atoms with Gasteiger partial charge in [-0.2, -0.15) is 5.10 Å². The number of hydrogen-bond acceptors (Lipinski definition) is 4. The van der Waals surface area contributed by atoms with Gasteiger partial charge < -0.3 is 5.32 Å². The minimum absolute atomic E-state index is 0.194. The molecule has 4 aromatic carbocycles. The van der Waals surface area contributed by atoms with E-state index in [4.69, 9.17) is 28.3 Å². The molecule has 0 fully saturated rings. The Labute approximate surface area is 206 Å². The molecule has 6 rings (SSSR count). The molecule has 0 aliphatic carbocycles. The Bertz CT molecular complexity index is 1420. The van der Waals surface area contributed by atoms with Gasteiger partial charge in [0.15, 0.2) is 5.84 Å². The lowest BCUT2D eigenvalue weighted by atomic mass is 9.96. The summed E-state index contributed by atoms with van der Waals surface area (Å²) in [4.78, 5) is 16.0. The fraction of sp³-hybridized carbons (Fsp3) is 0.0370. The maximum Gasteiger partial charge on any atom is 0.278 e. The molecule has 0 saturated carbocycles. The van der Waals surface area contributed by atoms with Gasteiger partial charge in [0.2, 0.25) is 5.66 Å². The number of nitrogens with one attached hydrogen (secondary N) is 1. The van der Waals surface area contributed by atoms with Crippen LogP contribution in [0.4, 0.5) is 17.1 Å². The van der Waals surface area contributed by atoms with Crippen LogP contribution in [0.25, 0.3) is 0 Å². The predicted octanol–water partition coefficient (Wildman–Crippen LogP) is 6.49. The number of rotatable bonds is 3. The highest BCUT2D eigenvalue weighted by atomic mass is 35.5. The monoisotopic (exact) mass is 484 g/mol. The van der Waals surface area contributed by atoms with E-state index in [1.807, 2.05) is 108 Å². The zero-order chi connectivity index (χ0) is 23.3. The molecule has 1 unspecified atom stereocenters. The fourth-order valence-corrected chi connectivity index (χ4v) is 4.87. The third-order valence-electron chi connectivity index (χ3n) is 6.09. The van der Waals surface area contributed by atoms with Crippen LogP contribution in [0.15, 0.2) is 108 Å². The molecule has 1 N–H and O–H groups in total. The summed E-state index contributed by atoms with van der Waals surface area (Å²) in [5, 5.41) is 11.2. The van der Waals surface area contributed by atoms with Gasteiger partial charge in [-0.1, -0.05) is 59.6 Å². The predicted molar refractivity (Wildman–Crippen MR) is 138 cm³/mol. The molecule has 2 aliphatic heterocycles. The van der Waals surface area contributed by atoms with Gasteiger partial charge in [-0.3, -0.25) is 9.69 Å². The summed E-state index contributed by atoms with van der Waals surface area (Å²) in [6, 6.07) is 32.3. The molecule has 2 heterocycles. The SMILES string of the molecule is O=C1Nc2ccccc2C12N(c1ccccc1)N=C(c1ccc(Cl)cc1)N2c1ccc(Cl)cc1. The second-order valence-electron chi connectivity index (χ2n) is 8.06. The number of amidine groups is 1. The van der Waals surface area contributed by atoms with E-state index < -0.39 is 5.66 Å². The summed E-state index contributed by atoms with van der Waals surface area (Å²) in [6.45, 7) is 0. The minimum Gasteiger partial charge on any atom is -0.322 e. The van der Waals surface area contributed by atoms with Gasteiger partial charge in [0.25, 0.3) is 5.91 Å². The Morgan fingerprint density at radius 1 is 0.706 bits per heavy atom. The highest BCUT2D eigenvalue weighted by Crippen LogP contribution is 2.50. The summed E-state index contributed by atoms with van der Waals surface area (Å²) in [6.07, 6.45) is 0. The Hall–Kier alpha value is -3.80. The van der Waals surface area contributed by atoms with Gasteiger partial charge in [0, 0.05) is 32.5 Å². The molecular formula is C27H18Cl2N4O. The number of hydrazone groups is 1. The standard InChI is InChI=1S/C27H18Cl2N4O/c28-19-12-10-18(11-13-19)25-31-33(22-6-2-1-3-7-22)27(32(25)21-16-14-20(29)15-17-21)23-8-4-5-9-24(23)30-26(27)34/h1-17H,(H,30,34). The highest BCUT2D eigenvalue weighted by Gasteiger charge is 2.61. The number of halogens is 2. The van der Waals surface area contributed by atoms with Crippen LogP contribution in [0, 0.1) is 0 Å². The van der Waals surface area contributed by atoms with Crippen LogP contribution in [0.3, 0.4) is 0 Å². The molecule has 1 atom stereocenters. The molecule has 4 aromatic rings. The summed E-state index contributed by atoms with van der Waals surface area (Å²) >= 11 is 12.4. The van der Waals surface area contributed by atoms with E-state index >= 15 is 0 Å². The van der Waals surface area contributed by atoms with Crippen molar-refractivity contribution in [3.8, 4) is 0 Å². The van der Waals surface area contributed by atoms with E-state index in [0.717, 1.165) is 28.2 Å². The molecule has 1 amide bonds. The lowest BCUT2D eigenvalue weighted by molar-refractivity contribution is -0.120. The molecule has 34 heavy (non-hydrogen) atoms. The van der Waals surface area contributed by atoms with E-state index in [-0.39, 0.29) is 5.91 Å². The third-order valence-corrected chi connectivity index (χ3v) is 6.60. The average molecular weight is 485 g/mol.